The Kier molecular flexibility index (Phi) is 8.11. The van der Waals surface area contributed by atoms with Gasteiger partial charge in [0, 0.05) is 18.8 Å². The molecule has 14 atom stereocenters. The van der Waals surface area contributed by atoms with Crippen molar-refractivity contribution in [1.29, 1.82) is 0 Å². The Morgan fingerprint density at radius 3 is 2.37 bits per heavy atom. The number of fused-ring (bicyclic) bond motifs is 5. The van der Waals surface area contributed by atoms with Crippen LogP contribution in [0, 0.1) is 52.8 Å². The lowest BCUT2D eigenvalue weighted by atomic mass is 9.49. The summed E-state index contributed by atoms with van der Waals surface area (Å²) in [5, 5.41) is 45.6. The van der Waals surface area contributed by atoms with Gasteiger partial charge in [0.1, 0.15) is 5.78 Å². The minimum Gasteiger partial charge on any atom is -0.390 e. The number of Topliss-reactive ketones (excluding diaryl/α,β-unsaturated/α-hetero) is 1. The summed E-state index contributed by atoms with van der Waals surface area (Å²) in [6, 6.07) is 0. The molecule has 0 amide bonds. The summed E-state index contributed by atoms with van der Waals surface area (Å²) in [6.45, 7) is 12.5. The van der Waals surface area contributed by atoms with E-state index < -0.39 is 24.4 Å². The molecular formula is C29H50O6. The summed E-state index contributed by atoms with van der Waals surface area (Å²) < 4.78 is 6.87. The molecule has 1 saturated heterocycles. The van der Waals surface area contributed by atoms with E-state index >= 15 is 0 Å². The van der Waals surface area contributed by atoms with E-state index in [0.717, 1.165) is 32.1 Å². The van der Waals surface area contributed by atoms with Crippen LogP contribution in [0.4, 0.5) is 0 Å². The van der Waals surface area contributed by atoms with E-state index in [4.69, 9.17) is 4.74 Å². The van der Waals surface area contributed by atoms with E-state index in [2.05, 4.69) is 34.6 Å². The van der Waals surface area contributed by atoms with Gasteiger partial charge < -0.3 is 25.2 Å². The normalized spacial score (nSPS) is 47.3. The third-order valence-electron chi connectivity index (χ3n) is 11.2. The van der Waals surface area contributed by atoms with Crippen LogP contribution >= 0.6 is 0 Å². The molecule has 0 bridgehead atoms. The average Bonchev–Trinajstić information content (AvgIpc) is 3.15. The fourth-order valence-corrected chi connectivity index (χ4v) is 9.24. The van der Waals surface area contributed by atoms with Crippen molar-refractivity contribution in [3.05, 3.63) is 0 Å². The van der Waals surface area contributed by atoms with Gasteiger partial charge in [0.25, 0.3) is 0 Å². The van der Waals surface area contributed by atoms with Crippen LogP contribution in [0.15, 0.2) is 0 Å². The third kappa shape index (κ3) is 4.54. The SMILES string of the molecule is CC[C@@H](C(C)C)[C@H](O)[C@@H](O)C(C)C1O[C@@H](C)[C@H]2CCC(=O)CC2C2C(O)[C@H](O)C3CCC[C@]3(C)C12. The van der Waals surface area contributed by atoms with Crippen molar-refractivity contribution >= 4 is 5.78 Å². The first kappa shape index (κ1) is 27.5. The number of hydrogen-bond donors (Lipinski definition) is 4. The molecular weight excluding hydrogens is 444 g/mol. The van der Waals surface area contributed by atoms with Gasteiger partial charge >= 0.3 is 0 Å². The Morgan fingerprint density at radius 1 is 1.06 bits per heavy atom. The highest BCUT2D eigenvalue weighted by atomic mass is 16.5. The smallest absolute Gasteiger partial charge is 0.133 e. The lowest BCUT2D eigenvalue weighted by Gasteiger charge is -2.57. The van der Waals surface area contributed by atoms with Crippen LogP contribution in [0.25, 0.3) is 0 Å². The van der Waals surface area contributed by atoms with Gasteiger partial charge in [-0.05, 0) is 73.0 Å². The minimum absolute atomic E-state index is 0.0137. The Bertz CT molecular complexity index is 755. The van der Waals surface area contributed by atoms with Gasteiger partial charge in [-0.1, -0.05) is 47.5 Å². The summed E-state index contributed by atoms with van der Waals surface area (Å²) in [7, 11) is 0. The molecule has 3 saturated carbocycles. The highest BCUT2D eigenvalue weighted by Crippen LogP contribution is 2.63. The van der Waals surface area contributed by atoms with Crippen molar-refractivity contribution < 1.29 is 30.0 Å². The third-order valence-corrected chi connectivity index (χ3v) is 11.2. The fraction of sp³-hybridized carbons (Fsp3) is 0.966. The number of carbonyl (C=O) groups is 1. The fourth-order valence-electron chi connectivity index (χ4n) is 9.24. The monoisotopic (exact) mass is 494 g/mol. The van der Waals surface area contributed by atoms with Crippen molar-refractivity contribution in [3.63, 3.8) is 0 Å². The van der Waals surface area contributed by atoms with Gasteiger partial charge in [-0.3, -0.25) is 4.79 Å². The lowest BCUT2D eigenvalue weighted by molar-refractivity contribution is -0.207. The van der Waals surface area contributed by atoms with Crippen LogP contribution in [0.1, 0.15) is 86.5 Å². The van der Waals surface area contributed by atoms with E-state index in [0.29, 0.717) is 12.8 Å². The molecule has 4 N–H and O–H groups in total. The van der Waals surface area contributed by atoms with Gasteiger partial charge in [-0.2, -0.15) is 0 Å². The molecule has 202 valence electrons. The second kappa shape index (κ2) is 10.3. The maximum atomic E-state index is 12.6. The lowest BCUT2D eigenvalue weighted by Crippen LogP contribution is -2.62. The molecule has 0 aromatic carbocycles. The van der Waals surface area contributed by atoms with Crippen LogP contribution in [0.5, 0.6) is 0 Å². The van der Waals surface area contributed by atoms with Gasteiger partial charge in [0.2, 0.25) is 0 Å². The summed E-state index contributed by atoms with van der Waals surface area (Å²) >= 11 is 0. The summed E-state index contributed by atoms with van der Waals surface area (Å²) in [4.78, 5) is 12.6. The number of ketones is 1. The van der Waals surface area contributed by atoms with Crippen LogP contribution in [0.3, 0.4) is 0 Å². The van der Waals surface area contributed by atoms with Crippen molar-refractivity contribution in [2.75, 3.05) is 0 Å². The molecule has 35 heavy (non-hydrogen) atoms. The zero-order valence-corrected chi connectivity index (χ0v) is 22.6. The van der Waals surface area contributed by atoms with Gasteiger partial charge in [-0.25, -0.2) is 0 Å². The summed E-state index contributed by atoms with van der Waals surface area (Å²) in [5.74, 6) is -0.133. The van der Waals surface area contributed by atoms with Gasteiger partial charge in [-0.15, -0.1) is 0 Å². The average molecular weight is 495 g/mol. The first-order valence-corrected chi connectivity index (χ1v) is 14.3. The number of aliphatic hydroxyl groups is 4. The molecule has 4 rings (SSSR count). The molecule has 0 radical (unpaired) electrons. The first-order valence-electron chi connectivity index (χ1n) is 14.3. The molecule has 1 heterocycles. The number of ether oxygens (including phenoxy) is 1. The van der Waals surface area contributed by atoms with E-state index in [1.807, 2.05) is 6.92 Å². The molecule has 1 aliphatic heterocycles. The Labute approximate surface area is 211 Å². The number of hydrogen-bond acceptors (Lipinski definition) is 6. The van der Waals surface area contributed by atoms with E-state index in [1.165, 1.54) is 0 Å². The molecule has 0 aromatic heterocycles. The standard InChI is InChI=1S/C29H50O6/c1-7-18(14(2)3)25(32)24(31)15(4)28-23-22(20-13-17(30)10-11-19(20)16(5)35-28)27(34)26(33)21-9-8-12-29(21,23)6/h14-16,18-28,31-34H,7-13H2,1-6H3/t15?,16-,18-,19+,20?,21?,22?,23?,24-,25-,26+,27?,28?,29-/m0/s1. The van der Waals surface area contributed by atoms with Crippen molar-refractivity contribution in [3.8, 4) is 0 Å². The minimum atomic E-state index is -0.950. The van der Waals surface area contributed by atoms with Crippen LogP contribution in [-0.4, -0.2) is 62.8 Å². The zero-order valence-electron chi connectivity index (χ0n) is 22.6. The zero-order chi connectivity index (χ0) is 25.8. The van der Waals surface area contributed by atoms with E-state index in [1.54, 1.807) is 0 Å². The quantitative estimate of drug-likeness (QED) is 0.450. The number of aliphatic hydroxyl groups excluding tert-OH is 4. The molecule has 6 heteroatoms. The maximum Gasteiger partial charge on any atom is 0.133 e. The summed E-state index contributed by atoms with van der Waals surface area (Å²) in [6.07, 6.45) is 1.32. The second-order valence-corrected chi connectivity index (χ2v) is 13.2. The van der Waals surface area contributed by atoms with E-state index in [9.17, 15) is 25.2 Å². The predicted octanol–water partition coefficient (Wildman–Crippen LogP) is 3.57. The topological polar surface area (TPSA) is 107 Å². The van der Waals surface area contributed by atoms with Gasteiger partial charge in [0.15, 0.2) is 0 Å². The molecule has 4 fully saturated rings. The molecule has 3 aliphatic carbocycles. The molecule has 6 nitrogen and oxygen atoms in total. The highest BCUT2D eigenvalue weighted by molar-refractivity contribution is 5.79. The Balaban J connectivity index is 1.77. The molecule has 0 aromatic rings. The number of carbonyl (C=O) groups excluding carboxylic acids is 1. The highest BCUT2D eigenvalue weighted by Gasteiger charge is 2.65. The summed E-state index contributed by atoms with van der Waals surface area (Å²) in [5.41, 5.74) is -0.246. The predicted molar refractivity (Wildman–Crippen MR) is 134 cm³/mol. The molecule has 0 spiro atoms. The maximum absolute atomic E-state index is 12.6. The van der Waals surface area contributed by atoms with Crippen molar-refractivity contribution in [2.24, 2.45) is 52.8 Å². The van der Waals surface area contributed by atoms with Crippen LogP contribution in [-0.2, 0) is 9.53 Å². The Hall–Kier alpha value is -0.530. The van der Waals surface area contributed by atoms with Gasteiger partial charge in [0.05, 0.1) is 36.6 Å². The number of rotatable bonds is 6. The molecule has 7 unspecified atom stereocenters. The largest absolute Gasteiger partial charge is 0.390 e. The first-order chi connectivity index (χ1) is 16.4. The molecule has 4 aliphatic rings. The van der Waals surface area contributed by atoms with E-state index in [-0.39, 0.29) is 70.7 Å². The van der Waals surface area contributed by atoms with Crippen LogP contribution in [0.2, 0.25) is 0 Å². The van der Waals surface area contributed by atoms with Crippen molar-refractivity contribution in [1.82, 2.24) is 0 Å². The van der Waals surface area contributed by atoms with Crippen molar-refractivity contribution in [2.45, 2.75) is 123 Å². The Morgan fingerprint density at radius 2 is 1.74 bits per heavy atom. The van der Waals surface area contributed by atoms with Crippen LogP contribution < -0.4 is 0 Å². The second-order valence-electron chi connectivity index (χ2n) is 13.2.